The van der Waals surface area contributed by atoms with Gasteiger partial charge in [0.05, 0.1) is 6.07 Å². The predicted octanol–water partition coefficient (Wildman–Crippen LogP) is 1.85. The minimum Gasteiger partial charge on any atom is -0.193 e. The van der Waals surface area contributed by atoms with Crippen LogP contribution in [-0.2, 0) is 0 Å². The molecule has 1 nitrogen and oxygen atoms in total. The van der Waals surface area contributed by atoms with E-state index in [0.717, 1.165) is 5.57 Å². The highest BCUT2D eigenvalue weighted by Crippen LogP contribution is 1.92. The van der Waals surface area contributed by atoms with Crippen LogP contribution in [0.25, 0.3) is 0 Å². The van der Waals surface area contributed by atoms with E-state index in [0.29, 0.717) is 0 Å². The number of hydrogen-bond acceptors (Lipinski definition) is 1. The molecule has 0 aliphatic rings. The van der Waals surface area contributed by atoms with Crippen molar-refractivity contribution in [1.82, 2.24) is 0 Å². The molecule has 0 bridgehead atoms. The first kappa shape index (κ1) is 5.96. The maximum Gasteiger partial charge on any atom is 0.0948 e. The highest BCUT2D eigenvalue weighted by Gasteiger charge is 1.72. The lowest BCUT2D eigenvalue weighted by molar-refractivity contribution is 1.46. The van der Waals surface area contributed by atoms with Gasteiger partial charge in [-0.1, -0.05) is 22.6 Å². The minimum atomic E-state index is 0.760. The normalized spacial score (nSPS) is 10.5. The quantitative estimate of drug-likeness (QED) is 0.425. The fourth-order valence-electron chi connectivity index (χ4n) is 0.0244. The zero-order valence-corrected chi connectivity index (χ0v) is 5.56. The van der Waals surface area contributed by atoms with Gasteiger partial charge in [-0.3, -0.25) is 0 Å². The summed E-state index contributed by atoms with van der Waals surface area (Å²) in [5.74, 6) is 0. The highest BCUT2D eigenvalue weighted by atomic mass is 127. The van der Waals surface area contributed by atoms with Crippen LogP contribution in [-0.4, -0.2) is 0 Å². The third kappa shape index (κ3) is 2.21. The van der Waals surface area contributed by atoms with Gasteiger partial charge in [-0.15, -0.1) is 0 Å². The molecule has 6 heavy (non-hydrogen) atoms. The number of allylic oxidation sites excluding steroid dienone is 1. The molecule has 0 spiro atoms. The molecule has 0 heterocycles. The first-order valence-corrected chi connectivity index (χ1v) is 2.73. The predicted molar refractivity (Wildman–Crippen MR) is 33.4 cm³/mol. The van der Waals surface area contributed by atoms with Gasteiger partial charge in [-0.25, -0.2) is 0 Å². The molecule has 0 amide bonds. The number of rotatable bonds is 0. The van der Waals surface area contributed by atoms with Gasteiger partial charge in [-0.2, -0.15) is 5.26 Å². The van der Waals surface area contributed by atoms with Gasteiger partial charge < -0.3 is 0 Å². The van der Waals surface area contributed by atoms with Crippen molar-refractivity contribution in [3.05, 3.63) is 9.66 Å². The first-order chi connectivity index (χ1) is 2.81. The van der Waals surface area contributed by atoms with Crippen LogP contribution in [0.15, 0.2) is 9.66 Å². The molecule has 0 fully saturated rings. The fourth-order valence-corrected chi connectivity index (χ4v) is 0.164. The molecule has 0 aliphatic carbocycles. The number of nitrogens with zero attached hydrogens (tertiary/aromatic N) is 1. The second-order valence-electron chi connectivity index (χ2n) is 0.904. The molecule has 0 unspecified atom stereocenters. The average molecular weight is 193 g/mol. The molecular weight excluding hydrogens is 189 g/mol. The Hall–Kier alpha value is -0.0400. The Kier molecular flexibility index (Phi) is 3.14. The van der Waals surface area contributed by atoms with Gasteiger partial charge in [0.15, 0.2) is 0 Å². The van der Waals surface area contributed by atoms with Crippen LogP contribution in [0.4, 0.5) is 0 Å². The molecule has 0 radical (unpaired) electrons. The van der Waals surface area contributed by atoms with Crippen molar-refractivity contribution in [1.29, 1.82) is 5.26 Å². The van der Waals surface area contributed by atoms with Crippen molar-refractivity contribution < 1.29 is 0 Å². The summed E-state index contributed by atoms with van der Waals surface area (Å²) in [6.45, 7) is 1.77. The summed E-state index contributed by atoms with van der Waals surface area (Å²) in [6, 6.07) is 1.97. The second kappa shape index (κ2) is 3.16. The Morgan fingerprint density at radius 3 is 2.50 bits per heavy atom. The number of hydrogen-bond donors (Lipinski definition) is 0. The van der Waals surface area contributed by atoms with E-state index in [1.165, 1.54) is 0 Å². The average Bonchev–Trinajstić information content (AvgIpc) is 1.65. The molecule has 0 rings (SSSR count). The van der Waals surface area contributed by atoms with E-state index >= 15 is 0 Å². The van der Waals surface area contributed by atoms with Crippen molar-refractivity contribution >= 4 is 22.6 Å². The molecule has 0 saturated heterocycles. The molecule has 0 aromatic heterocycles. The van der Waals surface area contributed by atoms with E-state index < -0.39 is 0 Å². The maximum atomic E-state index is 8.01. The number of nitriles is 1. The van der Waals surface area contributed by atoms with Crippen molar-refractivity contribution in [2.24, 2.45) is 0 Å². The largest absolute Gasteiger partial charge is 0.193 e. The van der Waals surface area contributed by atoms with Crippen molar-refractivity contribution in [3.63, 3.8) is 0 Å². The van der Waals surface area contributed by atoms with Crippen molar-refractivity contribution in [3.8, 4) is 6.07 Å². The maximum absolute atomic E-state index is 8.01. The van der Waals surface area contributed by atoms with E-state index in [4.69, 9.17) is 5.26 Å². The molecule has 0 aliphatic heterocycles. The topological polar surface area (TPSA) is 23.8 Å². The molecule has 2 heteroatoms. The molecule has 0 N–H and O–H groups in total. The van der Waals surface area contributed by atoms with E-state index in [1.54, 1.807) is 11.0 Å². The Bertz CT molecular complexity index is 98.6. The van der Waals surface area contributed by atoms with E-state index in [-0.39, 0.29) is 0 Å². The van der Waals surface area contributed by atoms with Crippen molar-refractivity contribution in [2.45, 2.75) is 6.92 Å². The first-order valence-electron chi connectivity index (χ1n) is 1.48. The Labute approximate surface area is 50.8 Å². The fraction of sp³-hybridized carbons (Fsp3) is 0.250. The third-order valence-electron chi connectivity index (χ3n) is 0.340. The molecule has 0 saturated carbocycles. The van der Waals surface area contributed by atoms with E-state index in [2.05, 4.69) is 0 Å². The molecule has 0 aromatic carbocycles. The summed E-state index contributed by atoms with van der Waals surface area (Å²) < 4.78 is 1.75. The SMILES string of the molecule is CC(C#N)=CI. The van der Waals surface area contributed by atoms with Gasteiger partial charge in [0.25, 0.3) is 0 Å². The van der Waals surface area contributed by atoms with E-state index in [1.807, 2.05) is 28.7 Å². The summed E-state index contributed by atoms with van der Waals surface area (Å²) >= 11 is 2.03. The Morgan fingerprint density at radius 2 is 2.50 bits per heavy atom. The third-order valence-corrected chi connectivity index (χ3v) is 1.27. The standard InChI is InChI=1S/C4H4IN/c1-4(2-5)3-6/h2H,1H3. The van der Waals surface area contributed by atoms with Crippen LogP contribution in [0.5, 0.6) is 0 Å². The van der Waals surface area contributed by atoms with Crippen LogP contribution in [0.3, 0.4) is 0 Å². The zero-order chi connectivity index (χ0) is 4.99. The van der Waals surface area contributed by atoms with Gasteiger partial charge >= 0.3 is 0 Å². The minimum absolute atomic E-state index is 0.760. The summed E-state index contributed by atoms with van der Waals surface area (Å²) in [7, 11) is 0. The zero-order valence-electron chi connectivity index (χ0n) is 3.40. The van der Waals surface area contributed by atoms with E-state index in [9.17, 15) is 0 Å². The van der Waals surface area contributed by atoms with Gasteiger partial charge in [0.1, 0.15) is 0 Å². The van der Waals surface area contributed by atoms with Crippen LogP contribution in [0.2, 0.25) is 0 Å². The lowest BCUT2D eigenvalue weighted by Crippen LogP contribution is -1.56. The Morgan fingerprint density at radius 1 is 2.00 bits per heavy atom. The van der Waals surface area contributed by atoms with Gasteiger partial charge in [-0.05, 0) is 11.0 Å². The lowest BCUT2D eigenvalue weighted by Gasteiger charge is -1.68. The monoisotopic (exact) mass is 193 g/mol. The number of halogens is 1. The van der Waals surface area contributed by atoms with Crippen LogP contribution in [0, 0.1) is 11.3 Å². The van der Waals surface area contributed by atoms with Gasteiger partial charge in [0, 0.05) is 5.57 Å². The summed E-state index contributed by atoms with van der Waals surface area (Å²) in [5, 5.41) is 8.01. The van der Waals surface area contributed by atoms with Gasteiger partial charge in [0.2, 0.25) is 0 Å². The van der Waals surface area contributed by atoms with Crippen LogP contribution < -0.4 is 0 Å². The van der Waals surface area contributed by atoms with Crippen LogP contribution in [0.1, 0.15) is 6.92 Å². The smallest absolute Gasteiger partial charge is 0.0948 e. The Balaban J connectivity index is 3.61. The highest BCUT2D eigenvalue weighted by molar-refractivity contribution is 14.1. The molecule has 32 valence electrons. The molecular formula is C4H4IN. The summed E-state index contributed by atoms with van der Waals surface area (Å²) in [6.07, 6.45) is 0. The molecule has 0 aromatic rings. The second-order valence-corrected chi connectivity index (χ2v) is 1.53. The van der Waals surface area contributed by atoms with Crippen molar-refractivity contribution in [2.75, 3.05) is 0 Å². The van der Waals surface area contributed by atoms with Crippen LogP contribution >= 0.6 is 22.6 Å². The summed E-state index contributed by atoms with van der Waals surface area (Å²) in [4.78, 5) is 0. The molecule has 0 atom stereocenters. The summed E-state index contributed by atoms with van der Waals surface area (Å²) in [5.41, 5.74) is 0.760. The lowest BCUT2D eigenvalue weighted by atomic mass is 10.4.